The molecule has 1 aromatic rings. The molecule has 0 bridgehead atoms. The van der Waals surface area contributed by atoms with E-state index in [1.54, 1.807) is 7.05 Å². The Kier molecular flexibility index (Phi) is 7.30. The fourth-order valence-corrected chi connectivity index (χ4v) is 3.97. The molecule has 3 rings (SSSR count). The van der Waals surface area contributed by atoms with Crippen LogP contribution in [-0.2, 0) is 22.3 Å². The molecule has 1 aromatic heterocycles. The normalized spacial score (nSPS) is 19.5. The van der Waals surface area contributed by atoms with Gasteiger partial charge in [0, 0.05) is 51.7 Å². The highest BCUT2D eigenvalue weighted by Gasteiger charge is 2.33. The Balaban J connectivity index is 1.44. The number of carbonyl (C=O) groups excluding carboxylic acids is 1. The highest BCUT2D eigenvalue weighted by atomic mass is 32.1. The lowest BCUT2D eigenvalue weighted by Crippen LogP contribution is -2.54. The first kappa shape index (κ1) is 21.8. The molecule has 162 valence electrons. The van der Waals surface area contributed by atoms with Gasteiger partial charge in [-0.1, -0.05) is 0 Å². The van der Waals surface area contributed by atoms with Gasteiger partial charge in [0.1, 0.15) is 5.01 Å². The number of guanidine groups is 1. The lowest BCUT2D eigenvalue weighted by Gasteiger charge is -2.37. The number of aliphatic imine (C=N–C) groups is 1. The Bertz CT molecular complexity index is 712. The second-order valence-corrected chi connectivity index (χ2v) is 7.72. The summed E-state index contributed by atoms with van der Waals surface area (Å²) in [6.45, 7) is 5.82. The highest BCUT2D eigenvalue weighted by Crippen LogP contribution is 2.29. The summed E-state index contributed by atoms with van der Waals surface area (Å²) < 4.78 is 43.2. The minimum absolute atomic E-state index is 0.119. The summed E-state index contributed by atoms with van der Waals surface area (Å²) in [5.74, 6) is 0.737. The molecule has 0 spiro atoms. The standard InChI is InChI=1S/C17H25F3N6O2S/c1-21-16(22-10-14-23-13(12-29-14)17(18,19)20)26-4-2-24(3-5-26)11-15(27)25-6-8-28-9-7-25/h12H,2-11H2,1H3,(H,21,22). The number of nitrogens with zero attached hydrogens (tertiary/aromatic N) is 5. The molecular weight excluding hydrogens is 409 g/mol. The van der Waals surface area contributed by atoms with Gasteiger partial charge >= 0.3 is 6.18 Å². The molecule has 3 heterocycles. The first-order valence-corrected chi connectivity index (χ1v) is 10.3. The summed E-state index contributed by atoms with van der Waals surface area (Å²) in [6, 6.07) is 0. The molecule has 2 aliphatic rings. The third-order valence-corrected chi connectivity index (χ3v) is 5.70. The predicted molar refractivity (Wildman–Crippen MR) is 103 cm³/mol. The third kappa shape index (κ3) is 6.03. The molecule has 1 amide bonds. The van der Waals surface area contributed by atoms with E-state index in [0.717, 1.165) is 16.7 Å². The van der Waals surface area contributed by atoms with Crippen molar-refractivity contribution < 1.29 is 22.7 Å². The maximum Gasteiger partial charge on any atom is 0.434 e. The fraction of sp³-hybridized carbons (Fsp3) is 0.706. The van der Waals surface area contributed by atoms with Crippen molar-refractivity contribution in [2.24, 2.45) is 4.99 Å². The summed E-state index contributed by atoms with van der Waals surface area (Å²) >= 11 is 0.970. The molecule has 0 unspecified atom stereocenters. The van der Waals surface area contributed by atoms with Gasteiger partial charge in [0.25, 0.3) is 0 Å². The fourth-order valence-electron chi connectivity index (χ4n) is 3.23. The molecule has 8 nitrogen and oxygen atoms in total. The van der Waals surface area contributed by atoms with E-state index < -0.39 is 11.9 Å². The Morgan fingerprint density at radius 3 is 2.48 bits per heavy atom. The van der Waals surface area contributed by atoms with Crippen LogP contribution >= 0.6 is 11.3 Å². The maximum absolute atomic E-state index is 12.7. The summed E-state index contributed by atoms with van der Waals surface area (Å²) in [7, 11) is 1.64. The molecule has 12 heteroatoms. The topological polar surface area (TPSA) is 73.3 Å². The van der Waals surface area contributed by atoms with Crippen LogP contribution in [0.4, 0.5) is 13.2 Å². The van der Waals surface area contributed by atoms with Gasteiger partial charge in [-0.2, -0.15) is 13.2 Å². The summed E-state index contributed by atoms with van der Waals surface area (Å²) in [5, 5.41) is 4.45. The van der Waals surface area contributed by atoms with Crippen LogP contribution in [0, 0.1) is 0 Å². The molecule has 0 radical (unpaired) electrons. The Morgan fingerprint density at radius 1 is 1.21 bits per heavy atom. The van der Waals surface area contributed by atoms with Crippen LogP contribution in [0.3, 0.4) is 0 Å². The summed E-state index contributed by atoms with van der Waals surface area (Å²) in [5.41, 5.74) is -0.868. The van der Waals surface area contributed by atoms with Gasteiger partial charge in [-0.15, -0.1) is 11.3 Å². The van der Waals surface area contributed by atoms with Crippen LogP contribution in [-0.4, -0.2) is 97.6 Å². The first-order valence-electron chi connectivity index (χ1n) is 9.42. The van der Waals surface area contributed by atoms with E-state index >= 15 is 0 Å². The van der Waals surface area contributed by atoms with Gasteiger partial charge in [0.05, 0.1) is 26.3 Å². The number of nitrogens with one attached hydrogen (secondary N) is 1. The number of aromatic nitrogens is 1. The van der Waals surface area contributed by atoms with Gasteiger partial charge in [-0.3, -0.25) is 14.7 Å². The van der Waals surface area contributed by atoms with Crippen molar-refractivity contribution in [3.63, 3.8) is 0 Å². The molecule has 0 saturated carbocycles. The summed E-state index contributed by atoms with van der Waals surface area (Å²) in [6.07, 6.45) is -4.43. The van der Waals surface area contributed by atoms with Crippen molar-refractivity contribution in [1.82, 2.24) is 25.0 Å². The quantitative estimate of drug-likeness (QED) is 0.556. The largest absolute Gasteiger partial charge is 0.434 e. The average Bonchev–Trinajstić information content (AvgIpc) is 3.20. The van der Waals surface area contributed by atoms with Crippen LogP contribution in [0.5, 0.6) is 0 Å². The van der Waals surface area contributed by atoms with E-state index in [4.69, 9.17) is 4.74 Å². The molecule has 0 atom stereocenters. The third-order valence-electron chi connectivity index (χ3n) is 4.85. The van der Waals surface area contributed by atoms with Crippen molar-refractivity contribution >= 4 is 23.2 Å². The van der Waals surface area contributed by atoms with Crippen LogP contribution in [0.1, 0.15) is 10.7 Å². The minimum Gasteiger partial charge on any atom is -0.378 e. The number of hydrogen-bond acceptors (Lipinski definition) is 6. The monoisotopic (exact) mass is 434 g/mol. The zero-order valence-corrected chi connectivity index (χ0v) is 17.1. The second kappa shape index (κ2) is 9.72. The molecule has 0 aliphatic carbocycles. The second-order valence-electron chi connectivity index (χ2n) is 6.78. The molecule has 1 N–H and O–H groups in total. The number of morpholine rings is 1. The van der Waals surface area contributed by atoms with Gasteiger partial charge in [0.15, 0.2) is 11.7 Å². The lowest BCUT2D eigenvalue weighted by atomic mass is 10.3. The molecule has 2 fully saturated rings. The van der Waals surface area contributed by atoms with Crippen LogP contribution in [0.15, 0.2) is 10.4 Å². The van der Waals surface area contributed by atoms with Crippen molar-refractivity contribution in [2.45, 2.75) is 12.7 Å². The van der Waals surface area contributed by atoms with Crippen molar-refractivity contribution in [3.05, 3.63) is 16.1 Å². The van der Waals surface area contributed by atoms with E-state index in [2.05, 4.69) is 20.2 Å². The van der Waals surface area contributed by atoms with E-state index in [0.29, 0.717) is 70.0 Å². The zero-order chi connectivity index (χ0) is 20.9. The van der Waals surface area contributed by atoms with Gasteiger partial charge < -0.3 is 19.9 Å². The summed E-state index contributed by atoms with van der Waals surface area (Å²) in [4.78, 5) is 26.2. The van der Waals surface area contributed by atoms with E-state index in [9.17, 15) is 18.0 Å². The minimum atomic E-state index is -4.43. The van der Waals surface area contributed by atoms with Crippen molar-refractivity contribution in [3.8, 4) is 0 Å². The zero-order valence-electron chi connectivity index (χ0n) is 16.2. The smallest absolute Gasteiger partial charge is 0.378 e. The molecule has 0 aromatic carbocycles. The van der Waals surface area contributed by atoms with Crippen LogP contribution in [0.25, 0.3) is 0 Å². The molecule has 2 saturated heterocycles. The van der Waals surface area contributed by atoms with E-state index in [1.165, 1.54) is 0 Å². The van der Waals surface area contributed by atoms with Crippen LogP contribution < -0.4 is 5.32 Å². The van der Waals surface area contributed by atoms with Gasteiger partial charge in [-0.05, 0) is 0 Å². The van der Waals surface area contributed by atoms with E-state index in [-0.39, 0.29) is 12.5 Å². The average molecular weight is 434 g/mol. The van der Waals surface area contributed by atoms with Gasteiger partial charge in [-0.25, -0.2) is 4.98 Å². The number of thiazole rings is 1. The predicted octanol–water partition coefficient (Wildman–Crippen LogP) is 0.714. The Labute approximate surface area is 171 Å². The lowest BCUT2D eigenvalue weighted by molar-refractivity contribution is -0.140. The number of amides is 1. The van der Waals surface area contributed by atoms with Gasteiger partial charge in [0.2, 0.25) is 5.91 Å². The van der Waals surface area contributed by atoms with Crippen LogP contribution in [0.2, 0.25) is 0 Å². The Hall–Kier alpha value is -1.92. The molecular formula is C17H25F3N6O2S. The molecule has 2 aliphatic heterocycles. The number of rotatable bonds is 4. The number of piperazine rings is 1. The SMILES string of the molecule is CN=C(NCc1nc(C(F)(F)F)cs1)N1CCN(CC(=O)N2CCOCC2)CC1. The van der Waals surface area contributed by atoms with E-state index in [1.807, 2.05) is 9.80 Å². The highest BCUT2D eigenvalue weighted by molar-refractivity contribution is 7.09. The van der Waals surface area contributed by atoms with Crippen molar-refractivity contribution in [1.29, 1.82) is 0 Å². The van der Waals surface area contributed by atoms with Crippen molar-refractivity contribution in [2.75, 3.05) is 66.1 Å². The number of halogens is 3. The first-order chi connectivity index (χ1) is 13.9. The number of ether oxygens (including phenoxy) is 1. The number of alkyl halides is 3. The maximum atomic E-state index is 12.7. The Morgan fingerprint density at radius 2 is 1.90 bits per heavy atom. The number of hydrogen-bond donors (Lipinski definition) is 1. The number of carbonyl (C=O) groups is 1. The molecule has 29 heavy (non-hydrogen) atoms.